The highest BCUT2D eigenvalue weighted by molar-refractivity contribution is 5.99. The molecule has 43 heavy (non-hydrogen) atoms. The molecule has 218 valence electrons. The highest BCUT2D eigenvalue weighted by atomic mass is 19.1. The van der Waals surface area contributed by atoms with E-state index >= 15 is 4.39 Å². The van der Waals surface area contributed by atoms with E-state index in [4.69, 9.17) is 10.5 Å². The van der Waals surface area contributed by atoms with E-state index in [1.54, 1.807) is 84.1 Å². The highest BCUT2D eigenvalue weighted by Crippen LogP contribution is 2.30. The topological polar surface area (TPSA) is 107 Å². The number of imidazole rings is 1. The number of amides is 1. The maximum Gasteiger partial charge on any atom is 0.255 e. The van der Waals surface area contributed by atoms with Crippen LogP contribution in [0.15, 0.2) is 109 Å². The number of carbonyl (C=O) groups is 1. The second-order valence-electron chi connectivity index (χ2n) is 10.1. The standard InChI is InChI=1S/C33H30F2N6O2/c1-21(2)43-31-18-25(39-32(36)29-5-3-4-14-38-29)11-13-27(31)33(42)40-30(19-41-16-15-37-20-41)26-12-8-23(17-28(26)35)22-6-9-24(34)10-7-22/h3-18,20-21,30H,19H2,1-2H3,(H2,36,39)(H,40,42)/t30-/m0/s1. The van der Waals surface area contributed by atoms with Crippen LogP contribution in [0.5, 0.6) is 5.75 Å². The van der Waals surface area contributed by atoms with Gasteiger partial charge in [0.25, 0.3) is 5.91 Å². The van der Waals surface area contributed by atoms with E-state index in [2.05, 4.69) is 20.3 Å². The lowest BCUT2D eigenvalue weighted by atomic mass is 9.99. The molecule has 1 atom stereocenters. The first kappa shape index (κ1) is 29.1. The van der Waals surface area contributed by atoms with Gasteiger partial charge >= 0.3 is 0 Å². The van der Waals surface area contributed by atoms with Crippen molar-refractivity contribution in [2.45, 2.75) is 32.5 Å². The van der Waals surface area contributed by atoms with Crippen molar-refractivity contribution in [1.82, 2.24) is 19.9 Å². The molecule has 0 bridgehead atoms. The van der Waals surface area contributed by atoms with Gasteiger partial charge in [-0.15, -0.1) is 0 Å². The molecule has 5 rings (SSSR count). The van der Waals surface area contributed by atoms with Crippen LogP contribution in [0, 0.1) is 11.6 Å². The van der Waals surface area contributed by atoms with Crippen molar-refractivity contribution in [3.63, 3.8) is 0 Å². The van der Waals surface area contributed by atoms with Crippen molar-refractivity contribution >= 4 is 17.4 Å². The van der Waals surface area contributed by atoms with Gasteiger partial charge in [0.05, 0.1) is 29.7 Å². The number of hydrogen-bond acceptors (Lipinski definition) is 5. The molecule has 5 aromatic rings. The van der Waals surface area contributed by atoms with Crippen LogP contribution in [0.2, 0.25) is 0 Å². The van der Waals surface area contributed by atoms with Gasteiger partial charge in [0.1, 0.15) is 28.9 Å². The molecule has 0 radical (unpaired) electrons. The Balaban J connectivity index is 1.45. The van der Waals surface area contributed by atoms with Crippen LogP contribution < -0.4 is 15.8 Å². The van der Waals surface area contributed by atoms with Gasteiger partial charge in [0, 0.05) is 36.8 Å². The van der Waals surface area contributed by atoms with E-state index in [1.807, 2.05) is 19.9 Å². The van der Waals surface area contributed by atoms with Gasteiger partial charge in [-0.3, -0.25) is 9.78 Å². The maximum absolute atomic E-state index is 15.6. The van der Waals surface area contributed by atoms with Gasteiger partial charge in [0.15, 0.2) is 0 Å². The first-order chi connectivity index (χ1) is 20.8. The number of aliphatic imine (C=N–C) groups is 1. The molecule has 1 amide bonds. The summed E-state index contributed by atoms with van der Waals surface area (Å²) in [6, 6.07) is 20.0. The number of nitrogens with zero attached hydrogens (tertiary/aromatic N) is 4. The number of nitrogens with one attached hydrogen (secondary N) is 1. The predicted molar refractivity (Wildman–Crippen MR) is 161 cm³/mol. The van der Waals surface area contributed by atoms with Crippen molar-refractivity contribution in [2.24, 2.45) is 10.7 Å². The van der Waals surface area contributed by atoms with Crippen molar-refractivity contribution in [1.29, 1.82) is 0 Å². The van der Waals surface area contributed by atoms with Gasteiger partial charge in [-0.2, -0.15) is 0 Å². The van der Waals surface area contributed by atoms with Gasteiger partial charge in [0.2, 0.25) is 0 Å². The molecule has 0 aliphatic heterocycles. The number of benzene rings is 3. The Hall–Kier alpha value is -5.38. The highest BCUT2D eigenvalue weighted by Gasteiger charge is 2.23. The monoisotopic (exact) mass is 580 g/mol. The first-order valence-electron chi connectivity index (χ1n) is 13.6. The minimum atomic E-state index is -0.756. The third-order valence-corrected chi connectivity index (χ3v) is 6.56. The van der Waals surface area contributed by atoms with Gasteiger partial charge in [-0.05, 0) is 67.4 Å². The fraction of sp³-hybridized carbons (Fsp3) is 0.152. The summed E-state index contributed by atoms with van der Waals surface area (Å²) in [6.45, 7) is 3.92. The summed E-state index contributed by atoms with van der Waals surface area (Å²) in [6.07, 6.45) is 6.32. The number of ether oxygens (including phenoxy) is 1. The second-order valence-corrected chi connectivity index (χ2v) is 10.1. The van der Waals surface area contributed by atoms with E-state index in [0.717, 1.165) is 0 Å². The molecule has 2 aromatic heterocycles. The van der Waals surface area contributed by atoms with E-state index in [1.165, 1.54) is 18.2 Å². The minimum Gasteiger partial charge on any atom is -0.490 e. The lowest BCUT2D eigenvalue weighted by Crippen LogP contribution is -2.32. The number of rotatable bonds is 10. The fourth-order valence-corrected chi connectivity index (χ4v) is 4.53. The predicted octanol–water partition coefficient (Wildman–Crippen LogP) is 6.22. The molecule has 3 aromatic carbocycles. The Kier molecular flexibility index (Phi) is 8.85. The van der Waals surface area contributed by atoms with Crippen LogP contribution in [0.1, 0.15) is 41.5 Å². The first-order valence-corrected chi connectivity index (χ1v) is 13.6. The zero-order valence-corrected chi connectivity index (χ0v) is 23.6. The minimum absolute atomic E-state index is 0.216. The maximum atomic E-state index is 15.6. The summed E-state index contributed by atoms with van der Waals surface area (Å²) in [4.78, 5) is 26.4. The average Bonchev–Trinajstić information content (AvgIpc) is 3.50. The van der Waals surface area contributed by atoms with Crippen molar-refractivity contribution < 1.29 is 18.3 Å². The molecule has 0 spiro atoms. The molecule has 0 saturated heterocycles. The lowest BCUT2D eigenvalue weighted by molar-refractivity contribution is 0.0926. The molecular weight excluding hydrogens is 550 g/mol. The fourth-order valence-electron chi connectivity index (χ4n) is 4.53. The Bertz CT molecular complexity index is 1720. The summed E-state index contributed by atoms with van der Waals surface area (Å²) >= 11 is 0. The van der Waals surface area contributed by atoms with E-state index < -0.39 is 17.8 Å². The molecule has 0 unspecified atom stereocenters. The largest absolute Gasteiger partial charge is 0.490 e. The Morgan fingerprint density at radius 2 is 1.79 bits per heavy atom. The Morgan fingerprint density at radius 3 is 2.47 bits per heavy atom. The van der Waals surface area contributed by atoms with Crippen LogP contribution in [0.4, 0.5) is 14.5 Å². The second kappa shape index (κ2) is 13.1. The summed E-state index contributed by atoms with van der Waals surface area (Å²) in [5.74, 6) is -0.831. The van der Waals surface area contributed by atoms with Crippen molar-refractivity contribution in [2.75, 3.05) is 0 Å². The summed E-state index contributed by atoms with van der Waals surface area (Å²) < 4.78 is 36.7. The zero-order valence-electron chi connectivity index (χ0n) is 23.6. The van der Waals surface area contributed by atoms with E-state index in [-0.39, 0.29) is 35.4 Å². The molecule has 2 heterocycles. The van der Waals surface area contributed by atoms with Gasteiger partial charge in [-0.25, -0.2) is 18.8 Å². The van der Waals surface area contributed by atoms with E-state index in [0.29, 0.717) is 28.3 Å². The molecular formula is C33H30F2N6O2. The lowest BCUT2D eigenvalue weighted by Gasteiger charge is -2.22. The van der Waals surface area contributed by atoms with Crippen LogP contribution in [-0.2, 0) is 6.54 Å². The molecule has 0 aliphatic rings. The van der Waals surface area contributed by atoms with Gasteiger partial charge < -0.3 is 20.4 Å². The number of nitrogens with two attached hydrogens (primary N) is 1. The van der Waals surface area contributed by atoms with Crippen molar-refractivity contribution in [3.8, 4) is 16.9 Å². The Morgan fingerprint density at radius 1 is 1.00 bits per heavy atom. The number of halogens is 2. The number of carbonyl (C=O) groups excluding carboxylic acids is 1. The number of pyridine rings is 1. The molecule has 8 nitrogen and oxygen atoms in total. The summed E-state index contributed by atoms with van der Waals surface area (Å²) in [5, 5.41) is 2.97. The zero-order chi connectivity index (χ0) is 30.3. The number of amidine groups is 1. The van der Waals surface area contributed by atoms with Crippen LogP contribution in [0.3, 0.4) is 0 Å². The molecule has 0 saturated carbocycles. The summed E-state index contributed by atoms with van der Waals surface area (Å²) in [7, 11) is 0. The van der Waals surface area contributed by atoms with E-state index in [9.17, 15) is 9.18 Å². The third kappa shape index (κ3) is 7.28. The normalized spacial score (nSPS) is 12.3. The van der Waals surface area contributed by atoms with Crippen LogP contribution in [-0.4, -0.2) is 32.4 Å². The summed E-state index contributed by atoms with van der Waals surface area (Å²) in [5.41, 5.74) is 8.94. The molecule has 10 heteroatoms. The molecule has 3 N–H and O–H groups in total. The quantitative estimate of drug-likeness (QED) is 0.151. The van der Waals surface area contributed by atoms with Crippen LogP contribution >= 0.6 is 0 Å². The third-order valence-electron chi connectivity index (χ3n) is 6.56. The number of hydrogen-bond donors (Lipinski definition) is 2. The average molecular weight is 581 g/mol. The molecule has 0 aliphatic carbocycles. The Labute approximate surface area is 247 Å². The van der Waals surface area contributed by atoms with Crippen molar-refractivity contribution in [3.05, 3.63) is 132 Å². The van der Waals surface area contributed by atoms with Crippen LogP contribution in [0.25, 0.3) is 11.1 Å². The molecule has 0 fully saturated rings. The van der Waals surface area contributed by atoms with Gasteiger partial charge in [-0.1, -0.05) is 30.3 Å². The SMILES string of the molecule is CC(C)Oc1cc(N=C(N)c2ccccn2)ccc1C(=O)N[C@@H](Cn1ccnc1)c1ccc(-c2ccc(F)cc2)cc1F. The number of aromatic nitrogens is 3. The smallest absolute Gasteiger partial charge is 0.255 e.